The minimum atomic E-state index is 0.361. The van der Waals surface area contributed by atoms with Crippen LogP contribution in [0.2, 0.25) is 0 Å². The first-order chi connectivity index (χ1) is 8.89. The van der Waals surface area contributed by atoms with Gasteiger partial charge in [0.05, 0.1) is 5.69 Å². The topological polar surface area (TPSA) is 42.2 Å². The van der Waals surface area contributed by atoms with E-state index < -0.39 is 0 Å². The van der Waals surface area contributed by atoms with E-state index in [0.717, 1.165) is 5.69 Å². The number of pyridine rings is 1. The predicted molar refractivity (Wildman–Crippen MR) is 84.6 cm³/mol. The van der Waals surface area contributed by atoms with E-state index in [-0.39, 0.29) is 0 Å². The van der Waals surface area contributed by atoms with Crippen molar-refractivity contribution < 1.29 is 0 Å². The van der Waals surface area contributed by atoms with Gasteiger partial charge in [-0.2, -0.15) is 0 Å². The number of anilines is 1. The molecule has 1 heterocycles. The van der Waals surface area contributed by atoms with E-state index in [4.69, 9.17) is 18.0 Å². The van der Waals surface area contributed by atoms with Crippen LogP contribution in [0.3, 0.4) is 0 Å². The van der Waals surface area contributed by atoms with Gasteiger partial charge in [0, 0.05) is 25.0 Å². The van der Waals surface area contributed by atoms with Crippen LogP contribution in [0.4, 0.5) is 5.69 Å². The zero-order valence-electron chi connectivity index (χ0n) is 12.0. The van der Waals surface area contributed by atoms with E-state index in [2.05, 4.69) is 30.8 Å². The van der Waals surface area contributed by atoms with Crippen molar-refractivity contribution in [1.82, 2.24) is 4.98 Å². The number of hydrogen-bond donors (Lipinski definition) is 1. The predicted octanol–water partition coefficient (Wildman–Crippen LogP) is 3.12. The number of hydrogen-bond acceptors (Lipinski definition) is 3. The lowest BCUT2D eigenvalue weighted by Gasteiger charge is -2.39. The van der Waals surface area contributed by atoms with Gasteiger partial charge in [0.15, 0.2) is 0 Å². The highest BCUT2D eigenvalue weighted by molar-refractivity contribution is 7.80. The van der Waals surface area contributed by atoms with Crippen LogP contribution < -0.4 is 10.6 Å². The van der Waals surface area contributed by atoms with Gasteiger partial charge in [0.2, 0.25) is 0 Å². The Hall–Kier alpha value is -1.16. The molecule has 0 bridgehead atoms. The molecule has 4 heteroatoms. The van der Waals surface area contributed by atoms with Gasteiger partial charge in [-0.25, -0.2) is 0 Å². The fourth-order valence-corrected chi connectivity index (χ4v) is 2.87. The molecule has 0 radical (unpaired) electrons. The maximum atomic E-state index is 5.65. The second-order valence-corrected chi connectivity index (χ2v) is 6.71. The molecule has 0 atom stereocenters. The summed E-state index contributed by atoms with van der Waals surface area (Å²) in [6.07, 6.45) is 6.85. The maximum Gasteiger partial charge on any atom is 0.122 e. The number of nitrogens with zero attached hydrogens (tertiary/aromatic N) is 2. The minimum absolute atomic E-state index is 0.361. The molecule has 2 rings (SSSR count). The summed E-state index contributed by atoms with van der Waals surface area (Å²) in [5, 5.41) is 0. The van der Waals surface area contributed by atoms with Crippen molar-refractivity contribution in [2.24, 2.45) is 11.1 Å². The number of rotatable bonds is 3. The molecule has 1 aliphatic carbocycles. The maximum absolute atomic E-state index is 5.65. The van der Waals surface area contributed by atoms with Gasteiger partial charge >= 0.3 is 0 Å². The van der Waals surface area contributed by atoms with E-state index in [9.17, 15) is 0 Å². The van der Waals surface area contributed by atoms with Crippen LogP contribution in [0, 0.1) is 5.41 Å². The average Bonchev–Trinajstić information content (AvgIpc) is 2.38. The minimum Gasteiger partial charge on any atom is -0.388 e. The van der Waals surface area contributed by atoms with Crippen molar-refractivity contribution >= 4 is 22.9 Å². The van der Waals surface area contributed by atoms with Crippen LogP contribution in [-0.4, -0.2) is 23.1 Å². The molecule has 1 fully saturated rings. The molecule has 0 amide bonds. The molecule has 0 aromatic carbocycles. The van der Waals surface area contributed by atoms with E-state index in [1.165, 1.54) is 25.7 Å². The molecule has 104 valence electrons. The highest BCUT2D eigenvalue weighted by Crippen LogP contribution is 2.37. The second-order valence-electron chi connectivity index (χ2n) is 6.27. The van der Waals surface area contributed by atoms with Crippen LogP contribution >= 0.6 is 12.2 Å². The van der Waals surface area contributed by atoms with E-state index in [0.29, 0.717) is 22.1 Å². The zero-order chi connectivity index (χ0) is 14.0. The van der Waals surface area contributed by atoms with Crippen LogP contribution in [0.15, 0.2) is 18.3 Å². The average molecular weight is 277 g/mol. The highest BCUT2D eigenvalue weighted by atomic mass is 32.1. The second kappa shape index (κ2) is 5.45. The Morgan fingerprint density at radius 2 is 2.05 bits per heavy atom. The summed E-state index contributed by atoms with van der Waals surface area (Å²) in [7, 11) is 2.15. The van der Waals surface area contributed by atoms with Crippen LogP contribution in [0.1, 0.15) is 45.2 Å². The third-order valence-corrected chi connectivity index (χ3v) is 4.47. The van der Waals surface area contributed by atoms with Gasteiger partial charge in [-0.15, -0.1) is 0 Å². The smallest absolute Gasteiger partial charge is 0.122 e. The van der Waals surface area contributed by atoms with E-state index >= 15 is 0 Å². The molecule has 1 aromatic rings. The van der Waals surface area contributed by atoms with Crippen LogP contribution in [0.25, 0.3) is 0 Å². The highest BCUT2D eigenvalue weighted by Gasteiger charge is 2.29. The first-order valence-corrected chi connectivity index (χ1v) is 7.28. The van der Waals surface area contributed by atoms with Crippen molar-refractivity contribution in [2.45, 2.75) is 45.6 Å². The first kappa shape index (κ1) is 14.3. The Balaban J connectivity index is 2.10. The summed E-state index contributed by atoms with van der Waals surface area (Å²) in [5.74, 6) is 0. The fraction of sp³-hybridized carbons (Fsp3) is 0.600. The Morgan fingerprint density at radius 1 is 1.42 bits per heavy atom. The van der Waals surface area contributed by atoms with Crippen molar-refractivity contribution in [3.8, 4) is 0 Å². The monoisotopic (exact) mass is 277 g/mol. The molecular formula is C15H23N3S. The normalized spacial score (nSPS) is 19.1. The Kier molecular flexibility index (Phi) is 4.09. The summed E-state index contributed by atoms with van der Waals surface area (Å²) in [4.78, 5) is 6.90. The summed E-state index contributed by atoms with van der Waals surface area (Å²) >= 11 is 4.99. The van der Waals surface area contributed by atoms with Crippen molar-refractivity contribution in [3.05, 3.63) is 24.0 Å². The Labute approximate surface area is 121 Å². The Bertz CT molecular complexity index is 460. The summed E-state index contributed by atoms with van der Waals surface area (Å²) < 4.78 is 0. The number of thiocarbonyl (C=S) groups is 1. The third kappa shape index (κ3) is 3.44. The quantitative estimate of drug-likeness (QED) is 0.862. The SMILES string of the molecule is CN(c1ccnc(C(N)=S)c1)C1CCC(C)(C)CC1. The van der Waals surface area contributed by atoms with Gasteiger partial charge in [0.1, 0.15) is 4.99 Å². The zero-order valence-corrected chi connectivity index (χ0v) is 12.8. The molecule has 0 spiro atoms. The van der Waals surface area contributed by atoms with Crippen molar-refractivity contribution in [1.29, 1.82) is 0 Å². The van der Waals surface area contributed by atoms with Crippen LogP contribution in [-0.2, 0) is 0 Å². The lowest BCUT2D eigenvalue weighted by Crippen LogP contribution is -2.37. The summed E-state index contributed by atoms with van der Waals surface area (Å²) in [5.41, 5.74) is 8.01. The van der Waals surface area contributed by atoms with Crippen molar-refractivity contribution in [3.63, 3.8) is 0 Å². The molecule has 1 aromatic heterocycles. The van der Waals surface area contributed by atoms with E-state index in [1.54, 1.807) is 6.20 Å². The molecule has 0 aliphatic heterocycles. The molecule has 0 unspecified atom stereocenters. The summed E-state index contributed by atoms with van der Waals surface area (Å²) in [6.45, 7) is 4.72. The first-order valence-electron chi connectivity index (χ1n) is 6.88. The lowest BCUT2D eigenvalue weighted by atomic mass is 9.75. The largest absolute Gasteiger partial charge is 0.388 e. The van der Waals surface area contributed by atoms with Gasteiger partial charge in [0.25, 0.3) is 0 Å². The molecule has 0 saturated heterocycles. The molecule has 1 saturated carbocycles. The molecule has 3 nitrogen and oxygen atoms in total. The van der Waals surface area contributed by atoms with Gasteiger partial charge in [-0.05, 0) is 43.2 Å². The fourth-order valence-electron chi connectivity index (χ4n) is 2.76. The molecule has 1 aliphatic rings. The molecule has 19 heavy (non-hydrogen) atoms. The van der Waals surface area contributed by atoms with Gasteiger partial charge < -0.3 is 10.6 Å². The molecule has 2 N–H and O–H groups in total. The number of aromatic nitrogens is 1. The third-order valence-electron chi connectivity index (χ3n) is 4.26. The van der Waals surface area contributed by atoms with Crippen LogP contribution in [0.5, 0.6) is 0 Å². The number of nitrogens with two attached hydrogens (primary N) is 1. The Morgan fingerprint density at radius 3 is 2.63 bits per heavy atom. The summed E-state index contributed by atoms with van der Waals surface area (Å²) in [6, 6.07) is 4.62. The van der Waals surface area contributed by atoms with E-state index in [1.807, 2.05) is 12.1 Å². The molecular weight excluding hydrogens is 254 g/mol. The lowest BCUT2D eigenvalue weighted by molar-refractivity contribution is 0.222. The van der Waals surface area contributed by atoms with Gasteiger partial charge in [-0.3, -0.25) is 4.98 Å². The van der Waals surface area contributed by atoms with Crippen molar-refractivity contribution in [2.75, 3.05) is 11.9 Å². The standard InChI is InChI=1S/C15H23N3S/c1-15(2)7-4-11(5-8-15)18(3)12-6-9-17-13(10-12)14(16)19/h6,9-11H,4-5,7-8H2,1-3H3,(H2,16,19). The van der Waals surface area contributed by atoms with Gasteiger partial charge in [-0.1, -0.05) is 26.1 Å².